The van der Waals surface area contributed by atoms with Crippen molar-refractivity contribution in [1.82, 2.24) is 0 Å². The van der Waals surface area contributed by atoms with Gasteiger partial charge in [0.2, 0.25) is 10.0 Å². The normalized spacial score (nSPS) is 10.8. The highest BCUT2D eigenvalue weighted by atomic mass is 32.2. The van der Waals surface area contributed by atoms with Gasteiger partial charge in [0.25, 0.3) is 0 Å². The maximum atomic E-state index is 11.6. The average molecular weight is 237 g/mol. The standard InChI is InChI=1S/C12H15NO2S/c1-3-5-10-16(14,15)13-12-8-6-11(4-2)7-9-12/h2,6-9,13H,3,5,10H2,1H3. The number of terminal acetylenes is 1. The molecule has 0 saturated heterocycles. The summed E-state index contributed by atoms with van der Waals surface area (Å²) in [5.41, 5.74) is 1.28. The summed E-state index contributed by atoms with van der Waals surface area (Å²) in [5, 5.41) is 0. The Hall–Kier alpha value is -1.47. The minimum Gasteiger partial charge on any atom is -0.284 e. The lowest BCUT2D eigenvalue weighted by Crippen LogP contribution is -2.16. The zero-order valence-corrected chi connectivity index (χ0v) is 10.0. The van der Waals surface area contributed by atoms with E-state index in [9.17, 15) is 8.42 Å². The van der Waals surface area contributed by atoms with Crippen LogP contribution in [0.3, 0.4) is 0 Å². The molecule has 1 aromatic carbocycles. The van der Waals surface area contributed by atoms with Crippen LogP contribution in [0.5, 0.6) is 0 Å². The molecule has 3 nitrogen and oxygen atoms in total. The Bertz CT molecular complexity index is 469. The molecule has 1 aromatic rings. The van der Waals surface area contributed by atoms with Gasteiger partial charge in [0.05, 0.1) is 5.75 Å². The third-order valence-electron chi connectivity index (χ3n) is 2.09. The summed E-state index contributed by atoms with van der Waals surface area (Å²) in [5.74, 6) is 2.63. The molecule has 0 atom stereocenters. The molecule has 0 spiro atoms. The summed E-state index contributed by atoms with van der Waals surface area (Å²) >= 11 is 0. The van der Waals surface area contributed by atoms with E-state index in [0.29, 0.717) is 12.1 Å². The lowest BCUT2D eigenvalue weighted by molar-refractivity contribution is 0.598. The van der Waals surface area contributed by atoms with Crippen molar-refractivity contribution >= 4 is 15.7 Å². The molecule has 1 rings (SSSR count). The Kier molecular flexibility index (Phi) is 4.39. The van der Waals surface area contributed by atoms with Crippen LogP contribution in [-0.2, 0) is 10.0 Å². The Labute approximate surface area is 96.9 Å². The van der Waals surface area contributed by atoms with Gasteiger partial charge < -0.3 is 0 Å². The summed E-state index contributed by atoms with van der Waals surface area (Å²) in [4.78, 5) is 0. The van der Waals surface area contributed by atoms with Gasteiger partial charge in [-0.05, 0) is 30.7 Å². The van der Waals surface area contributed by atoms with Crippen LogP contribution in [0.4, 0.5) is 5.69 Å². The zero-order valence-electron chi connectivity index (χ0n) is 9.23. The van der Waals surface area contributed by atoms with Crippen LogP contribution >= 0.6 is 0 Å². The van der Waals surface area contributed by atoms with E-state index in [-0.39, 0.29) is 5.75 Å². The van der Waals surface area contributed by atoms with E-state index in [4.69, 9.17) is 6.42 Å². The van der Waals surface area contributed by atoms with Gasteiger partial charge in [-0.2, -0.15) is 0 Å². The molecule has 86 valence electrons. The summed E-state index contributed by atoms with van der Waals surface area (Å²) in [6.07, 6.45) is 6.73. The second kappa shape index (κ2) is 5.57. The molecule has 0 bridgehead atoms. The second-order valence-corrected chi connectivity index (χ2v) is 5.34. The third kappa shape index (κ3) is 3.95. The van der Waals surface area contributed by atoms with E-state index in [2.05, 4.69) is 10.6 Å². The van der Waals surface area contributed by atoms with E-state index >= 15 is 0 Å². The van der Waals surface area contributed by atoms with Crippen molar-refractivity contribution in [2.24, 2.45) is 0 Å². The number of sulfonamides is 1. The van der Waals surface area contributed by atoms with Gasteiger partial charge in [-0.1, -0.05) is 19.3 Å². The van der Waals surface area contributed by atoms with E-state index in [0.717, 1.165) is 12.0 Å². The first-order valence-electron chi connectivity index (χ1n) is 5.14. The van der Waals surface area contributed by atoms with Crippen LogP contribution < -0.4 is 4.72 Å². The van der Waals surface area contributed by atoms with Gasteiger partial charge >= 0.3 is 0 Å². The monoisotopic (exact) mass is 237 g/mol. The number of hydrogen-bond donors (Lipinski definition) is 1. The summed E-state index contributed by atoms with van der Waals surface area (Å²) < 4.78 is 25.6. The van der Waals surface area contributed by atoms with Gasteiger partial charge in [0.1, 0.15) is 0 Å². The molecule has 16 heavy (non-hydrogen) atoms. The molecule has 0 fully saturated rings. The number of benzene rings is 1. The largest absolute Gasteiger partial charge is 0.284 e. The fourth-order valence-corrected chi connectivity index (χ4v) is 2.47. The van der Waals surface area contributed by atoms with Gasteiger partial charge in [0.15, 0.2) is 0 Å². The third-order valence-corrected chi connectivity index (χ3v) is 3.46. The van der Waals surface area contributed by atoms with Crippen molar-refractivity contribution in [1.29, 1.82) is 0 Å². The number of unbranched alkanes of at least 4 members (excludes halogenated alkanes) is 1. The predicted octanol–water partition coefficient (Wildman–Crippen LogP) is 2.21. The molecule has 0 aliphatic heterocycles. The molecule has 0 unspecified atom stereocenters. The molecular weight excluding hydrogens is 222 g/mol. The van der Waals surface area contributed by atoms with Crippen LogP contribution in [-0.4, -0.2) is 14.2 Å². The average Bonchev–Trinajstić information content (AvgIpc) is 2.27. The maximum absolute atomic E-state index is 11.6. The molecule has 0 aliphatic rings. The van der Waals surface area contributed by atoms with Crippen LogP contribution in [0.25, 0.3) is 0 Å². The molecule has 0 amide bonds. The van der Waals surface area contributed by atoms with Crippen LogP contribution in [0.15, 0.2) is 24.3 Å². The lowest BCUT2D eigenvalue weighted by Gasteiger charge is -2.07. The summed E-state index contributed by atoms with van der Waals surface area (Å²) in [7, 11) is -3.22. The van der Waals surface area contributed by atoms with E-state index in [1.807, 2.05) is 6.92 Å². The van der Waals surface area contributed by atoms with Gasteiger partial charge in [-0.25, -0.2) is 8.42 Å². The molecule has 0 aliphatic carbocycles. The smallest absolute Gasteiger partial charge is 0.232 e. The minimum absolute atomic E-state index is 0.153. The Morgan fingerprint density at radius 1 is 1.31 bits per heavy atom. The Morgan fingerprint density at radius 2 is 1.94 bits per heavy atom. The number of hydrogen-bond acceptors (Lipinski definition) is 2. The fraction of sp³-hybridized carbons (Fsp3) is 0.333. The Balaban J connectivity index is 2.70. The fourth-order valence-electron chi connectivity index (χ4n) is 1.20. The SMILES string of the molecule is C#Cc1ccc(NS(=O)(=O)CCCC)cc1. The van der Waals surface area contributed by atoms with Crippen molar-refractivity contribution < 1.29 is 8.42 Å². The van der Waals surface area contributed by atoms with Gasteiger partial charge in [-0.3, -0.25) is 4.72 Å². The Morgan fingerprint density at radius 3 is 2.44 bits per heavy atom. The zero-order chi connectivity index (χ0) is 12.0. The molecule has 0 heterocycles. The highest BCUT2D eigenvalue weighted by Crippen LogP contribution is 2.11. The second-order valence-electron chi connectivity index (χ2n) is 3.50. The van der Waals surface area contributed by atoms with Crippen LogP contribution in [0.1, 0.15) is 25.3 Å². The van der Waals surface area contributed by atoms with Crippen molar-refractivity contribution in [2.45, 2.75) is 19.8 Å². The van der Waals surface area contributed by atoms with E-state index in [1.165, 1.54) is 0 Å². The first-order valence-corrected chi connectivity index (χ1v) is 6.80. The van der Waals surface area contributed by atoms with Crippen molar-refractivity contribution in [3.05, 3.63) is 29.8 Å². The summed E-state index contributed by atoms with van der Waals surface area (Å²) in [6.45, 7) is 1.96. The molecule has 1 N–H and O–H groups in total. The van der Waals surface area contributed by atoms with Crippen LogP contribution in [0, 0.1) is 12.3 Å². The highest BCUT2D eigenvalue weighted by molar-refractivity contribution is 7.92. The van der Waals surface area contributed by atoms with Gasteiger partial charge in [-0.15, -0.1) is 6.42 Å². The first kappa shape index (κ1) is 12.6. The van der Waals surface area contributed by atoms with Gasteiger partial charge in [0, 0.05) is 11.3 Å². The molecule has 0 radical (unpaired) electrons. The molecule has 4 heteroatoms. The number of nitrogens with one attached hydrogen (secondary N) is 1. The minimum atomic E-state index is -3.22. The predicted molar refractivity (Wildman–Crippen MR) is 66.7 cm³/mol. The highest BCUT2D eigenvalue weighted by Gasteiger charge is 2.08. The molecule has 0 aromatic heterocycles. The molecule has 0 saturated carbocycles. The maximum Gasteiger partial charge on any atom is 0.232 e. The van der Waals surface area contributed by atoms with Crippen molar-refractivity contribution in [3.8, 4) is 12.3 Å². The van der Waals surface area contributed by atoms with E-state index in [1.54, 1.807) is 24.3 Å². The van der Waals surface area contributed by atoms with E-state index < -0.39 is 10.0 Å². The quantitative estimate of drug-likeness (QED) is 0.798. The number of anilines is 1. The van der Waals surface area contributed by atoms with Crippen molar-refractivity contribution in [3.63, 3.8) is 0 Å². The first-order chi connectivity index (χ1) is 7.57. The topological polar surface area (TPSA) is 46.2 Å². The lowest BCUT2D eigenvalue weighted by atomic mass is 10.2. The van der Waals surface area contributed by atoms with Crippen LogP contribution in [0.2, 0.25) is 0 Å². The van der Waals surface area contributed by atoms with Crippen molar-refractivity contribution in [2.75, 3.05) is 10.5 Å². The number of rotatable bonds is 5. The molecular formula is C12H15NO2S. The summed E-state index contributed by atoms with van der Waals surface area (Å²) in [6, 6.07) is 6.74.